The van der Waals surface area contributed by atoms with Crippen LogP contribution >= 0.6 is 0 Å². The zero-order valence-electron chi connectivity index (χ0n) is 10.3. The number of aliphatic hydroxyl groups is 1. The number of hydrogen-bond donors (Lipinski definition) is 3. The summed E-state index contributed by atoms with van der Waals surface area (Å²) in [6.07, 6.45) is 3.26. The zero-order chi connectivity index (χ0) is 13.2. The van der Waals surface area contributed by atoms with Gasteiger partial charge >= 0.3 is 0 Å². The van der Waals surface area contributed by atoms with Crippen LogP contribution in [0.3, 0.4) is 0 Å². The van der Waals surface area contributed by atoms with Crippen LogP contribution in [-0.2, 0) is 0 Å². The molecule has 1 aliphatic heterocycles. The van der Waals surface area contributed by atoms with E-state index in [4.69, 9.17) is 10.8 Å². The highest BCUT2D eigenvalue weighted by Crippen LogP contribution is 2.16. The predicted molar refractivity (Wildman–Crippen MR) is 72.3 cm³/mol. The molecule has 8 heteroatoms. The van der Waals surface area contributed by atoms with Crippen molar-refractivity contribution in [3.63, 3.8) is 0 Å². The zero-order valence-corrected chi connectivity index (χ0v) is 10.3. The molecule has 0 aromatic carbocycles. The Bertz CT molecular complexity index is 621. The van der Waals surface area contributed by atoms with E-state index in [1.54, 1.807) is 4.68 Å². The minimum absolute atomic E-state index is 0.0994. The van der Waals surface area contributed by atoms with Gasteiger partial charge in [-0.15, -0.1) is 0 Å². The number of β-amino-alcohol motifs (C(OH)–C–C–N with tert-alkyl or cyclic N) is 1. The lowest BCUT2D eigenvalue weighted by atomic mass is 10.4. The molecule has 2 aromatic rings. The highest BCUT2D eigenvalue weighted by molar-refractivity contribution is 5.92. The third-order valence-electron chi connectivity index (χ3n) is 3.03. The number of guanidine groups is 1. The summed E-state index contributed by atoms with van der Waals surface area (Å²) < 4.78 is 1.75. The summed E-state index contributed by atoms with van der Waals surface area (Å²) in [5.74, 6) is 1.18. The smallest absolute Gasteiger partial charge is 0.213 e. The number of hydrogen-bond acceptors (Lipinski definition) is 7. The van der Waals surface area contributed by atoms with Crippen LogP contribution in [0.5, 0.6) is 0 Å². The molecule has 0 atom stereocenters. The second-order valence-electron chi connectivity index (χ2n) is 4.21. The predicted octanol–water partition coefficient (Wildman–Crippen LogP) is -0.779. The molecule has 0 amide bonds. The fourth-order valence-electron chi connectivity index (χ4n) is 2.10. The fourth-order valence-corrected chi connectivity index (χ4v) is 2.10. The van der Waals surface area contributed by atoms with Gasteiger partial charge in [0, 0.05) is 19.3 Å². The number of anilines is 1. The number of nitrogen functional groups attached to an aromatic ring is 1. The first-order valence-electron chi connectivity index (χ1n) is 6.04. The van der Waals surface area contributed by atoms with Gasteiger partial charge in [0.05, 0.1) is 18.5 Å². The maximum absolute atomic E-state index is 9.01. The van der Waals surface area contributed by atoms with Crippen molar-refractivity contribution in [3.8, 4) is 0 Å². The SMILES string of the molecule is Nc1ncnc2c1ccn2NC1=NCCN1CCO. The van der Waals surface area contributed by atoms with Crippen molar-refractivity contribution in [2.24, 2.45) is 4.99 Å². The van der Waals surface area contributed by atoms with Gasteiger partial charge in [0.15, 0.2) is 5.65 Å². The molecule has 2 aromatic heterocycles. The van der Waals surface area contributed by atoms with E-state index in [1.165, 1.54) is 6.33 Å². The first-order chi connectivity index (χ1) is 9.29. The van der Waals surface area contributed by atoms with Crippen LogP contribution in [0.4, 0.5) is 5.82 Å². The maximum Gasteiger partial charge on any atom is 0.213 e. The molecule has 0 radical (unpaired) electrons. The number of rotatable bonds is 3. The molecule has 8 nitrogen and oxygen atoms in total. The van der Waals surface area contributed by atoms with E-state index in [9.17, 15) is 0 Å². The quantitative estimate of drug-likeness (QED) is 0.669. The third-order valence-corrected chi connectivity index (χ3v) is 3.03. The molecule has 0 saturated carbocycles. The van der Waals surface area contributed by atoms with E-state index in [2.05, 4.69) is 20.4 Å². The van der Waals surface area contributed by atoms with Gasteiger partial charge in [-0.1, -0.05) is 0 Å². The molecule has 0 fully saturated rings. The first kappa shape index (κ1) is 11.7. The normalized spacial score (nSPS) is 15.0. The van der Waals surface area contributed by atoms with Crippen LogP contribution < -0.4 is 11.2 Å². The summed E-state index contributed by atoms with van der Waals surface area (Å²) in [5, 5.41) is 9.80. The van der Waals surface area contributed by atoms with Crippen molar-refractivity contribution >= 4 is 22.8 Å². The van der Waals surface area contributed by atoms with Crippen molar-refractivity contribution < 1.29 is 5.11 Å². The van der Waals surface area contributed by atoms with E-state index in [0.717, 1.165) is 24.4 Å². The van der Waals surface area contributed by atoms with E-state index >= 15 is 0 Å². The average Bonchev–Trinajstić information content (AvgIpc) is 3.00. The Hall–Kier alpha value is -2.35. The number of nitrogens with two attached hydrogens (primary N) is 1. The number of aliphatic imine (C=N–C) groups is 1. The monoisotopic (exact) mass is 261 g/mol. The summed E-state index contributed by atoms with van der Waals surface area (Å²) in [6, 6.07) is 1.85. The summed E-state index contributed by atoms with van der Waals surface area (Å²) in [7, 11) is 0. The molecule has 0 aliphatic carbocycles. The van der Waals surface area contributed by atoms with Crippen LogP contribution in [-0.4, -0.2) is 56.9 Å². The van der Waals surface area contributed by atoms with E-state index in [1.807, 2.05) is 17.2 Å². The van der Waals surface area contributed by atoms with Gasteiger partial charge in [0.25, 0.3) is 0 Å². The minimum atomic E-state index is 0.0994. The van der Waals surface area contributed by atoms with Gasteiger partial charge in [0.2, 0.25) is 5.96 Å². The van der Waals surface area contributed by atoms with Crippen molar-refractivity contribution in [1.82, 2.24) is 19.5 Å². The Morgan fingerprint density at radius 3 is 3.16 bits per heavy atom. The van der Waals surface area contributed by atoms with Gasteiger partial charge in [-0.2, -0.15) is 0 Å². The van der Waals surface area contributed by atoms with Gasteiger partial charge in [-0.3, -0.25) is 5.43 Å². The maximum atomic E-state index is 9.01. The van der Waals surface area contributed by atoms with Gasteiger partial charge < -0.3 is 15.7 Å². The number of nitrogens with zero attached hydrogens (tertiary/aromatic N) is 5. The standard InChI is InChI=1S/C11H15N7O/c12-9-8-1-3-18(10(8)15-7-14-9)16-11-13-2-4-17(11)5-6-19/h1,3,7,19H,2,4-6H2,(H,13,16)(H2,12,14,15). The van der Waals surface area contributed by atoms with Crippen molar-refractivity contribution in [2.45, 2.75) is 0 Å². The number of fused-ring (bicyclic) bond motifs is 1. The molecule has 100 valence electrons. The summed E-state index contributed by atoms with van der Waals surface area (Å²) >= 11 is 0. The average molecular weight is 261 g/mol. The fraction of sp³-hybridized carbons (Fsp3) is 0.364. The summed E-state index contributed by atoms with van der Waals surface area (Å²) in [5.41, 5.74) is 9.65. The minimum Gasteiger partial charge on any atom is -0.395 e. The lowest BCUT2D eigenvalue weighted by molar-refractivity contribution is 0.256. The lowest BCUT2D eigenvalue weighted by Crippen LogP contribution is -2.38. The van der Waals surface area contributed by atoms with Crippen molar-refractivity contribution in [3.05, 3.63) is 18.6 Å². The van der Waals surface area contributed by atoms with Crippen LogP contribution in [0, 0.1) is 0 Å². The van der Waals surface area contributed by atoms with Crippen LogP contribution in [0.2, 0.25) is 0 Å². The van der Waals surface area contributed by atoms with Gasteiger partial charge in [-0.05, 0) is 6.07 Å². The molecule has 0 unspecified atom stereocenters. The molecular formula is C11H15N7O. The van der Waals surface area contributed by atoms with E-state index in [0.29, 0.717) is 18.0 Å². The molecule has 1 aliphatic rings. The summed E-state index contributed by atoms with van der Waals surface area (Å²) in [4.78, 5) is 14.5. The second-order valence-corrected chi connectivity index (χ2v) is 4.21. The highest BCUT2D eigenvalue weighted by Gasteiger charge is 2.17. The Kier molecular flexibility index (Phi) is 2.92. The molecule has 3 heterocycles. The van der Waals surface area contributed by atoms with Crippen molar-refractivity contribution in [1.29, 1.82) is 0 Å². The molecule has 4 N–H and O–H groups in total. The lowest BCUT2D eigenvalue weighted by Gasteiger charge is -2.20. The third kappa shape index (κ3) is 2.06. The van der Waals surface area contributed by atoms with Gasteiger partial charge in [-0.25, -0.2) is 19.6 Å². The molecule has 0 saturated heterocycles. The van der Waals surface area contributed by atoms with Gasteiger partial charge in [0.1, 0.15) is 12.1 Å². The number of nitrogens with one attached hydrogen (secondary N) is 1. The van der Waals surface area contributed by atoms with Crippen molar-refractivity contribution in [2.75, 3.05) is 37.4 Å². The Labute approximate surface area is 109 Å². The number of aromatic nitrogens is 3. The van der Waals surface area contributed by atoms with E-state index < -0.39 is 0 Å². The van der Waals surface area contributed by atoms with Crippen LogP contribution in [0.25, 0.3) is 11.0 Å². The molecule has 0 spiro atoms. The topological polar surface area (TPSA) is 105 Å². The van der Waals surface area contributed by atoms with E-state index in [-0.39, 0.29) is 6.61 Å². The first-order valence-corrected chi connectivity index (χ1v) is 6.04. The Morgan fingerprint density at radius 1 is 1.42 bits per heavy atom. The number of aliphatic hydroxyl groups excluding tert-OH is 1. The molecule has 0 bridgehead atoms. The molecular weight excluding hydrogens is 246 g/mol. The summed E-state index contributed by atoms with van der Waals surface area (Å²) in [6.45, 7) is 2.18. The van der Waals surface area contributed by atoms with Crippen LogP contribution in [0.15, 0.2) is 23.6 Å². The van der Waals surface area contributed by atoms with Crippen LogP contribution in [0.1, 0.15) is 0 Å². The Morgan fingerprint density at radius 2 is 2.32 bits per heavy atom. The molecule has 3 rings (SSSR count). The largest absolute Gasteiger partial charge is 0.395 e. The molecule has 19 heavy (non-hydrogen) atoms. The highest BCUT2D eigenvalue weighted by atomic mass is 16.3. The second kappa shape index (κ2) is 4.73. The Balaban J connectivity index is 1.88.